The highest BCUT2D eigenvalue weighted by atomic mass is 19.1. The summed E-state index contributed by atoms with van der Waals surface area (Å²) in [7, 11) is 0. The summed E-state index contributed by atoms with van der Waals surface area (Å²) in [5.41, 5.74) is 8.86. The molecule has 2 aliphatic rings. The first-order chi connectivity index (χ1) is 16.7. The minimum absolute atomic E-state index is 0.0349. The summed E-state index contributed by atoms with van der Waals surface area (Å²) in [6.45, 7) is 8.51. The summed E-state index contributed by atoms with van der Waals surface area (Å²) in [6, 6.07) is 15.3. The SMILES string of the molecule is CC(C)(C)N1CCC[C@@H](N2C(=O)C(c3ccc(Oc4ccc(F)cc4)cc3)c3c2ccnc3N)C1. The fraction of sp³-hybridized carbons (Fsp3) is 0.357. The van der Waals surface area contributed by atoms with E-state index in [0.717, 1.165) is 42.7 Å². The number of hydrogen-bond acceptors (Lipinski definition) is 5. The smallest absolute Gasteiger partial charge is 0.239 e. The standard InChI is InChI=1S/C28H31FN4O2/c1-28(2,3)32-16-4-5-20(17-32)33-23-14-15-31-26(30)25(23)24(27(33)34)18-6-10-21(11-7-18)35-22-12-8-19(29)9-13-22/h6-15,20,24H,4-5,16-17H2,1-3H3,(H2,30,31)/t20-,24?/m1/s1. The van der Waals surface area contributed by atoms with E-state index in [1.807, 2.05) is 35.2 Å². The second kappa shape index (κ2) is 8.96. The quantitative estimate of drug-likeness (QED) is 0.553. The van der Waals surface area contributed by atoms with Crippen molar-refractivity contribution >= 4 is 17.4 Å². The molecule has 0 saturated carbocycles. The van der Waals surface area contributed by atoms with Crippen molar-refractivity contribution in [3.05, 3.63) is 77.7 Å². The van der Waals surface area contributed by atoms with Gasteiger partial charge in [-0.25, -0.2) is 9.37 Å². The molecule has 6 nitrogen and oxygen atoms in total. The van der Waals surface area contributed by atoms with Crippen molar-refractivity contribution < 1.29 is 13.9 Å². The van der Waals surface area contributed by atoms with Crippen molar-refractivity contribution in [3.63, 3.8) is 0 Å². The Kier molecular flexibility index (Phi) is 5.97. The number of hydrogen-bond donors (Lipinski definition) is 1. The number of ether oxygens (including phenoxy) is 1. The lowest BCUT2D eigenvalue weighted by Crippen LogP contribution is -2.54. The number of amides is 1. The van der Waals surface area contributed by atoms with Gasteiger partial charge in [0, 0.05) is 29.9 Å². The number of carbonyl (C=O) groups is 1. The van der Waals surface area contributed by atoms with E-state index < -0.39 is 5.92 Å². The topological polar surface area (TPSA) is 71.7 Å². The molecule has 7 heteroatoms. The average molecular weight is 475 g/mol. The number of carbonyl (C=O) groups excluding carboxylic acids is 1. The van der Waals surface area contributed by atoms with Crippen LogP contribution in [0, 0.1) is 5.82 Å². The Morgan fingerprint density at radius 1 is 1.03 bits per heavy atom. The number of fused-ring (bicyclic) bond motifs is 1. The van der Waals surface area contributed by atoms with Gasteiger partial charge in [0.2, 0.25) is 5.91 Å². The summed E-state index contributed by atoms with van der Waals surface area (Å²) in [4.78, 5) is 22.7. The Hall–Kier alpha value is -3.45. The van der Waals surface area contributed by atoms with Gasteiger partial charge in [0.15, 0.2) is 0 Å². The van der Waals surface area contributed by atoms with E-state index in [0.29, 0.717) is 17.3 Å². The van der Waals surface area contributed by atoms with Crippen molar-refractivity contribution in [1.82, 2.24) is 9.88 Å². The van der Waals surface area contributed by atoms with E-state index in [1.54, 1.807) is 18.3 Å². The first-order valence-electron chi connectivity index (χ1n) is 12.1. The number of nitrogens with zero attached hydrogens (tertiary/aromatic N) is 3. The molecular formula is C28H31FN4O2. The van der Waals surface area contributed by atoms with Gasteiger partial charge in [-0.1, -0.05) is 12.1 Å². The fourth-order valence-electron chi connectivity index (χ4n) is 5.19. The predicted octanol–water partition coefficient (Wildman–Crippen LogP) is 5.34. The van der Waals surface area contributed by atoms with Crippen molar-refractivity contribution in [2.45, 2.75) is 51.1 Å². The molecular weight excluding hydrogens is 443 g/mol. The van der Waals surface area contributed by atoms with E-state index in [9.17, 15) is 9.18 Å². The van der Waals surface area contributed by atoms with E-state index >= 15 is 0 Å². The maximum absolute atomic E-state index is 13.9. The van der Waals surface area contributed by atoms with Crippen LogP contribution in [-0.4, -0.2) is 40.5 Å². The Morgan fingerprint density at radius 2 is 1.69 bits per heavy atom. The number of piperidine rings is 1. The minimum Gasteiger partial charge on any atom is -0.457 e. The third-order valence-corrected chi connectivity index (χ3v) is 7.00. The van der Waals surface area contributed by atoms with E-state index in [4.69, 9.17) is 10.5 Å². The molecule has 0 bridgehead atoms. The highest BCUT2D eigenvalue weighted by Crippen LogP contribution is 2.46. The maximum Gasteiger partial charge on any atom is 0.239 e. The summed E-state index contributed by atoms with van der Waals surface area (Å²) >= 11 is 0. The van der Waals surface area contributed by atoms with Crippen LogP contribution in [0.4, 0.5) is 15.9 Å². The summed E-state index contributed by atoms with van der Waals surface area (Å²) in [5.74, 6) is 0.747. The molecule has 2 N–H and O–H groups in total. The minimum atomic E-state index is -0.511. The number of benzene rings is 2. The van der Waals surface area contributed by atoms with Crippen molar-refractivity contribution in [1.29, 1.82) is 0 Å². The van der Waals surface area contributed by atoms with Crippen LogP contribution in [0.25, 0.3) is 0 Å². The molecule has 35 heavy (non-hydrogen) atoms. The van der Waals surface area contributed by atoms with Gasteiger partial charge in [0.05, 0.1) is 11.6 Å². The van der Waals surface area contributed by atoms with Gasteiger partial charge >= 0.3 is 0 Å². The predicted molar refractivity (Wildman–Crippen MR) is 135 cm³/mol. The van der Waals surface area contributed by atoms with Gasteiger partial charge in [-0.3, -0.25) is 9.69 Å². The Balaban J connectivity index is 1.44. The third kappa shape index (κ3) is 4.48. The van der Waals surface area contributed by atoms with Crippen LogP contribution in [0.2, 0.25) is 0 Å². The molecule has 2 atom stereocenters. The van der Waals surface area contributed by atoms with Crippen LogP contribution < -0.4 is 15.4 Å². The monoisotopic (exact) mass is 474 g/mol. The highest BCUT2D eigenvalue weighted by molar-refractivity contribution is 6.08. The van der Waals surface area contributed by atoms with Gasteiger partial charge < -0.3 is 15.4 Å². The third-order valence-electron chi connectivity index (χ3n) is 7.00. The van der Waals surface area contributed by atoms with Crippen molar-refractivity contribution in [2.75, 3.05) is 23.7 Å². The molecule has 0 aliphatic carbocycles. The van der Waals surface area contributed by atoms with Crippen molar-refractivity contribution in [2.24, 2.45) is 0 Å². The number of pyridine rings is 1. The van der Waals surface area contributed by atoms with Crippen LogP contribution >= 0.6 is 0 Å². The molecule has 1 amide bonds. The largest absolute Gasteiger partial charge is 0.457 e. The molecule has 0 radical (unpaired) electrons. The zero-order valence-corrected chi connectivity index (χ0v) is 20.4. The summed E-state index contributed by atoms with van der Waals surface area (Å²) < 4.78 is 19.0. The van der Waals surface area contributed by atoms with Gasteiger partial charge in [-0.2, -0.15) is 0 Å². The van der Waals surface area contributed by atoms with Crippen LogP contribution in [0.1, 0.15) is 50.7 Å². The molecule has 182 valence electrons. The highest BCUT2D eigenvalue weighted by Gasteiger charge is 2.44. The van der Waals surface area contributed by atoms with Crippen molar-refractivity contribution in [3.8, 4) is 11.5 Å². The molecule has 1 fully saturated rings. The normalized spacial score (nSPS) is 20.7. The Bertz CT molecular complexity index is 1220. The molecule has 2 aromatic carbocycles. The molecule has 1 unspecified atom stereocenters. The molecule has 3 aromatic rings. The number of likely N-dealkylation sites (tertiary alicyclic amines) is 1. The average Bonchev–Trinajstić information content (AvgIpc) is 3.14. The van der Waals surface area contributed by atoms with E-state index in [-0.39, 0.29) is 23.3 Å². The lowest BCUT2D eigenvalue weighted by molar-refractivity contribution is -0.119. The number of anilines is 2. The molecule has 5 rings (SSSR count). The summed E-state index contributed by atoms with van der Waals surface area (Å²) in [5, 5.41) is 0. The number of aromatic nitrogens is 1. The van der Waals surface area contributed by atoms with Crippen LogP contribution in [0.3, 0.4) is 0 Å². The molecule has 1 aromatic heterocycles. The lowest BCUT2D eigenvalue weighted by Gasteiger charge is -2.44. The molecule has 2 aliphatic heterocycles. The molecule has 3 heterocycles. The van der Waals surface area contributed by atoms with Gasteiger partial charge in [-0.05, 0) is 88.2 Å². The first kappa shape index (κ1) is 23.3. The molecule has 0 spiro atoms. The number of nitrogens with two attached hydrogens (primary N) is 1. The second-order valence-electron chi connectivity index (χ2n) is 10.3. The lowest BCUT2D eigenvalue weighted by atomic mass is 9.92. The van der Waals surface area contributed by atoms with E-state index in [2.05, 4.69) is 30.7 Å². The first-order valence-corrected chi connectivity index (χ1v) is 12.1. The summed E-state index contributed by atoms with van der Waals surface area (Å²) in [6.07, 6.45) is 3.68. The second-order valence-corrected chi connectivity index (χ2v) is 10.3. The Morgan fingerprint density at radius 3 is 2.34 bits per heavy atom. The fourth-order valence-corrected chi connectivity index (χ4v) is 5.19. The van der Waals surface area contributed by atoms with Crippen LogP contribution in [-0.2, 0) is 4.79 Å². The zero-order valence-electron chi connectivity index (χ0n) is 20.4. The number of halogens is 1. The molecule has 1 saturated heterocycles. The van der Waals surface area contributed by atoms with Crippen LogP contribution in [0.5, 0.6) is 11.5 Å². The van der Waals surface area contributed by atoms with Gasteiger partial charge in [-0.15, -0.1) is 0 Å². The maximum atomic E-state index is 13.9. The Labute approximate surface area is 205 Å². The zero-order chi connectivity index (χ0) is 24.7. The van der Waals surface area contributed by atoms with Crippen LogP contribution in [0.15, 0.2) is 60.8 Å². The van der Waals surface area contributed by atoms with E-state index in [1.165, 1.54) is 12.1 Å². The van der Waals surface area contributed by atoms with Gasteiger partial charge in [0.1, 0.15) is 23.1 Å². The number of nitrogen functional groups attached to an aromatic ring is 1. The van der Waals surface area contributed by atoms with Gasteiger partial charge in [0.25, 0.3) is 0 Å². The number of rotatable bonds is 4.